The molecule has 2 aliphatic rings. The zero-order valence-electron chi connectivity index (χ0n) is 35.0. The average Bonchev–Trinajstić information content (AvgIpc) is 2.72. The maximum atomic E-state index is 10.5. The van der Waals surface area contributed by atoms with Crippen molar-refractivity contribution in [3.05, 3.63) is 0 Å². The molecule has 0 atom stereocenters. The molecule has 296 valence electrons. The first-order valence-electron chi connectivity index (χ1n) is 18.0. The van der Waals surface area contributed by atoms with Crippen molar-refractivity contribution in [2.24, 2.45) is 0 Å². The Hall–Kier alpha value is 0.917. The molecule has 0 aromatic rings. The van der Waals surface area contributed by atoms with E-state index in [0.717, 1.165) is 25.7 Å². The minimum absolute atomic E-state index is 0. The van der Waals surface area contributed by atoms with Crippen LogP contribution in [0.15, 0.2) is 0 Å². The predicted molar refractivity (Wildman–Crippen MR) is 199 cm³/mol. The summed E-state index contributed by atoms with van der Waals surface area (Å²) in [6, 6.07) is 0. The SMILES string of the molecule is CC(C)(C)O[Si](O)(OC(C)(C)C)OC(C)(C)C.CC(C)(C)O[Si](O)(OC(C)(C)C)OC(C)(C)C.OC1CCCCC1.OC1CCCCC1.[Zr]. The van der Waals surface area contributed by atoms with Gasteiger partial charge in [0.1, 0.15) is 0 Å². The fraction of sp³-hybridized carbons (Fsp3) is 1.00. The Balaban J connectivity index is -0.000000613. The molecule has 0 radical (unpaired) electrons. The summed E-state index contributed by atoms with van der Waals surface area (Å²) in [5, 5.41) is 17.8. The van der Waals surface area contributed by atoms with E-state index in [-0.39, 0.29) is 38.4 Å². The molecule has 0 bridgehead atoms. The molecule has 0 saturated heterocycles. The summed E-state index contributed by atoms with van der Waals surface area (Å²) in [6.07, 6.45) is 11.8. The first-order chi connectivity index (χ1) is 21.0. The quantitative estimate of drug-likeness (QED) is 0.194. The van der Waals surface area contributed by atoms with Crippen LogP contribution in [0.1, 0.15) is 189 Å². The standard InChI is InChI=1S/2C12H28O4Si.2C6H12O.Zr/c2*1-10(2,3)14-17(13,15-11(4,5)6)16-12(7,8)9;2*7-6-4-2-1-3-5-6;/h2*13H,1-9H3;2*6-7H,1-5H2;. The van der Waals surface area contributed by atoms with E-state index in [1.165, 1.54) is 38.5 Å². The van der Waals surface area contributed by atoms with Crippen LogP contribution < -0.4 is 0 Å². The van der Waals surface area contributed by atoms with Crippen LogP contribution in [0.3, 0.4) is 0 Å². The van der Waals surface area contributed by atoms with Crippen LogP contribution in [-0.4, -0.2) is 83.7 Å². The van der Waals surface area contributed by atoms with Crippen LogP contribution in [0.5, 0.6) is 0 Å². The summed E-state index contributed by atoms with van der Waals surface area (Å²) in [4.78, 5) is 21.0. The first kappa shape index (κ1) is 54.3. The van der Waals surface area contributed by atoms with E-state index in [0.29, 0.717) is 0 Å². The van der Waals surface area contributed by atoms with Gasteiger partial charge in [0, 0.05) is 26.2 Å². The van der Waals surface area contributed by atoms with Gasteiger partial charge >= 0.3 is 18.1 Å². The van der Waals surface area contributed by atoms with Gasteiger partial charge in [0.25, 0.3) is 0 Å². The molecule has 10 nitrogen and oxygen atoms in total. The number of rotatable bonds is 6. The summed E-state index contributed by atoms with van der Waals surface area (Å²) in [6.45, 7) is 33.6. The number of hydrogen-bond acceptors (Lipinski definition) is 10. The largest absolute Gasteiger partial charge is 0.678 e. The van der Waals surface area contributed by atoms with E-state index in [4.69, 9.17) is 36.8 Å². The number of aliphatic hydroxyl groups excluding tert-OH is 2. The Kier molecular flexibility index (Phi) is 24.7. The minimum Gasteiger partial charge on any atom is -0.393 e. The van der Waals surface area contributed by atoms with Crippen molar-refractivity contribution < 1.29 is 72.6 Å². The summed E-state index contributed by atoms with van der Waals surface area (Å²) < 4.78 is 33.8. The van der Waals surface area contributed by atoms with Crippen LogP contribution in [-0.2, 0) is 52.8 Å². The predicted octanol–water partition coefficient (Wildman–Crippen LogP) is 8.34. The second-order valence-corrected chi connectivity index (χ2v) is 22.2. The van der Waals surface area contributed by atoms with Crippen molar-refractivity contribution >= 4 is 18.1 Å². The molecule has 0 aromatic heterocycles. The van der Waals surface area contributed by atoms with Crippen molar-refractivity contribution in [3.8, 4) is 0 Å². The normalized spacial score (nSPS) is 17.8. The zero-order chi connectivity index (χ0) is 38.5. The maximum Gasteiger partial charge on any atom is 0.678 e. The van der Waals surface area contributed by atoms with Crippen LogP contribution in [0.4, 0.5) is 0 Å². The van der Waals surface area contributed by atoms with Crippen molar-refractivity contribution in [2.75, 3.05) is 0 Å². The third kappa shape index (κ3) is 38.5. The third-order valence-electron chi connectivity index (χ3n) is 5.76. The molecule has 13 heteroatoms. The summed E-state index contributed by atoms with van der Waals surface area (Å²) in [5.74, 6) is 0. The van der Waals surface area contributed by atoms with E-state index in [1.54, 1.807) is 0 Å². The molecule has 0 amide bonds. The van der Waals surface area contributed by atoms with E-state index < -0.39 is 51.7 Å². The van der Waals surface area contributed by atoms with Gasteiger partial charge in [-0.1, -0.05) is 38.5 Å². The molecule has 0 spiro atoms. The molecule has 0 aliphatic heterocycles. The van der Waals surface area contributed by atoms with Crippen LogP contribution in [0.25, 0.3) is 0 Å². The summed E-state index contributed by atoms with van der Waals surface area (Å²) >= 11 is 0. The molecule has 49 heavy (non-hydrogen) atoms. The Morgan fingerprint density at radius 2 is 0.490 bits per heavy atom. The van der Waals surface area contributed by atoms with Crippen LogP contribution in [0.2, 0.25) is 0 Å². The van der Waals surface area contributed by atoms with Crippen molar-refractivity contribution in [3.63, 3.8) is 0 Å². The van der Waals surface area contributed by atoms with E-state index in [2.05, 4.69) is 0 Å². The molecule has 2 rings (SSSR count). The van der Waals surface area contributed by atoms with Crippen molar-refractivity contribution in [2.45, 2.75) is 235 Å². The Morgan fingerprint density at radius 3 is 0.571 bits per heavy atom. The van der Waals surface area contributed by atoms with Gasteiger partial charge in [-0.25, -0.2) is 0 Å². The average molecular weight is 820 g/mol. The molecular formula is C36H80O10Si2Zr. The molecule has 2 fully saturated rings. The van der Waals surface area contributed by atoms with E-state index in [9.17, 15) is 9.59 Å². The van der Waals surface area contributed by atoms with Gasteiger partial charge in [-0.05, 0) is 150 Å². The third-order valence-corrected chi connectivity index (χ3v) is 11.0. The van der Waals surface area contributed by atoms with Gasteiger partial charge in [0.05, 0.1) is 45.8 Å². The maximum absolute atomic E-state index is 10.5. The molecular weight excluding hydrogens is 740 g/mol. The second kappa shape index (κ2) is 22.3. The van der Waals surface area contributed by atoms with E-state index in [1.807, 2.05) is 125 Å². The summed E-state index contributed by atoms with van der Waals surface area (Å²) in [5.41, 5.74) is -3.10. The fourth-order valence-electron chi connectivity index (χ4n) is 4.61. The monoisotopic (exact) mass is 818 g/mol. The Morgan fingerprint density at radius 1 is 0.347 bits per heavy atom. The molecule has 4 N–H and O–H groups in total. The molecule has 0 unspecified atom stereocenters. The smallest absolute Gasteiger partial charge is 0.393 e. The molecule has 0 aromatic carbocycles. The van der Waals surface area contributed by atoms with Crippen molar-refractivity contribution in [1.82, 2.24) is 0 Å². The van der Waals surface area contributed by atoms with Gasteiger partial charge in [-0.15, -0.1) is 0 Å². The van der Waals surface area contributed by atoms with Gasteiger partial charge in [-0.3, -0.25) is 0 Å². The number of aliphatic hydroxyl groups is 2. The Bertz CT molecular complexity index is 687. The topological polar surface area (TPSA) is 136 Å². The fourth-order valence-corrected chi connectivity index (χ4v) is 9.50. The molecule has 2 aliphatic carbocycles. The van der Waals surface area contributed by atoms with Crippen LogP contribution in [0, 0.1) is 0 Å². The van der Waals surface area contributed by atoms with E-state index >= 15 is 0 Å². The van der Waals surface area contributed by atoms with Crippen molar-refractivity contribution in [1.29, 1.82) is 0 Å². The minimum atomic E-state index is -3.66. The van der Waals surface area contributed by atoms with Crippen LogP contribution >= 0.6 is 0 Å². The van der Waals surface area contributed by atoms with Gasteiger partial charge in [-0.2, -0.15) is 0 Å². The second-order valence-electron chi connectivity index (χ2n) is 18.9. The molecule has 0 heterocycles. The van der Waals surface area contributed by atoms with Gasteiger partial charge in [0.15, 0.2) is 0 Å². The number of hydrogen-bond donors (Lipinski definition) is 4. The zero-order valence-corrected chi connectivity index (χ0v) is 39.4. The van der Waals surface area contributed by atoms with Gasteiger partial charge in [0.2, 0.25) is 0 Å². The van der Waals surface area contributed by atoms with Gasteiger partial charge < -0.3 is 46.4 Å². The first-order valence-corrected chi connectivity index (χ1v) is 21.4. The molecule has 2 saturated carbocycles. The Labute approximate surface area is 323 Å². The summed E-state index contributed by atoms with van der Waals surface area (Å²) in [7, 11) is -7.31.